The van der Waals surface area contributed by atoms with Crippen LogP contribution in [-0.4, -0.2) is 16.6 Å². The first-order valence-electron chi connectivity index (χ1n) is 4.81. The third-order valence-electron chi connectivity index (χ3n) is 2.54. The second-order valence-corrected chi connectivity index (χ2v) is 4.00. The van der Waals surface area contributed by atoms with Gasteiger partial charge in [0.1, 0.15) is 0 Å². The average Bonchev–Trinajstić information content (AvgIpc) is 2.52. The van der Waals surface area contributed by atoms with E-state index < -0.39 is 0 Å². The fourth-order valence-corrected chi connectivity index (χ4v) is 2.00. The Labute approximate surface area is 93.2 Å². The number of ketones is 1. The number of Topliss-reactive ketones (excluding diaryl/α,β-unsaturated/α-hetero) is 1. The van der Waals surface area contributed by atoms with Gasteiger partial charge in [-0.1, -0.05) is 11.6 Å². The molecule has 0 aliphatic carbocycles. The third-order valence-corrected chi connectivity index (χ3v) is 2.78. The second kappa shape index (κ2) is 3.70. The van der Waals surface area contributed by atoms with Crippen molar-refractivity contribution < 1.29 is 4.79 Å². The van der Waals surface area contributed by atoms with E-state index in [0.717, 1.165) is 27.7 Å². The van der Waals surface area contributed by atoms with Gasteiger partial charge < -0.3 is 4.98 Å². The Bertz CT molecular complexity index is 528. The zero-order valence-corrected chi connectivity index (χ0v) is 9.48. The first kappa shape index (κ1) is 10.2. The quantitative estimate of drug-likeness (QED) is 0.613. The molecule has 0 spiro atoms. The number of carbonyl (C=O) groups excluding carboxylic acids is 1. The standard InChI is InChI=1S/C12H12ClNO/c1-7-3-4-10-9(5-7)12(8(2)14-10)11(15)6-13/h3-5,14H,6H2,1-2H3. The molecular weight excluding hydrogens is 210 g/mol. The number of aryl methyl sites for hydroxylation is 2. The van der Waals surface area contributed by atoms with E-state index in [1.165, 1.54) is 0 Å². The summed E-state index contributed by atoms with van der Waals surface area (Å²) >= 11 is 5.59. The van der Waals surface area contributed by atoms with Crippen LogP contribution in [0.1, 0.15) is 21.6 Å². The summed E-state index contributed by atoms with van der Waals surface area (Å²) in [5.41, 5.74) is 3.75. The summed E-state index contributed by atoms with van der Waals surface area (Å²) in [5.74, 6) is 0.00729. The van der Waals surface area contributed by atoms with Crippen LogP contribution < -0.4 is 0 Å². The first-order chi connectivity index (χ1) is 7.13. The van der Waals surface area contributed by atoms with Crippen molar-refractivity contribution in [2.75, 3.05) is 5.88 Å². The Morgan fingerprint density at radius 2 is 2.13 bits per heavy atom. The van der Waals surface area contributed by atoms with Crippen LogP contribution in [-0.2, 0) is 0 Å². The molecule has 2 aromatic rings. The van der Waals surface area contributed by atoms with Crippen LogP contribution in [0.15, 0.2) is 18.2 Å². The number of carbonyl (C=O) groups is 1. The molecule has 2 rings (SSSR count). The largest absolute Gasteiger partial charge is 0.358 e. The van der Waals surface area contributed by atoms with Gasteiger partial charge in [0.15, 0.2) is 5.78 Å². The highest BCUT2D eigenvalue weighted by atomic mass is 35.5. The molecular formula is C12H12ClNO. The van der Waals surface area contributed by atoms with Gasteiger partial charge in [0.2, 0.25) is 0 Å². The molecule has 0 bridgehead atoms. The molecule has 0 fully saturated rings. The van der Waals surface area contributed by atoms with E-state index in [9.17, 15) is 4.79 Å². The molecule has 15 heavy (non-hydrogen) atoms. The minimum Gasteiger partial charge on any atom is -0.358 e. The van der Waals surface area contributed by atoms with Gasteiger partial charge >= 0.3 is 0 Å². The van der Waals surface area contributed by atoms with Crippen molar-refractivity contribution in [3.8, 4) is 0 Å². The third kappa shape index (κ3) is 1.65. The Balaban J connectivity index is 2.76. The van der Waals surface area contributed by atoms with Gasteiger partial charge in [0.25, 0.3) is 0 Å². The van der Waals surface area contributed by atoms with Crippen LogP contribution >= 0.6 is 11.6 Å². The number of H-pyrrole nitrogens is 1. The van der Waals surface area contributed by atoms with Gasteiger partial charge in [-0.2, -0.15) is 0 Å². The molecule has 0 saturated heterocycles. The maximum Gasteiger partial charge on any atom is 0.179 e. The molecule has 1 aromatic carbocycles. The molecule has 1 aromatic heterocycles. The fourth-order valence-electron chi connectivity index (χ4n) is 1.87. The van der Waals surface area contributed by atoms with E-state index in [-0.39, 0.29) is 11.7 Å². The van der Waals surface area contributed by atoms with Crippen molar-refractivity contribution >= 4 is 28.3 Å². The molecule has 1 heterocycles. The van der Waals surface area contributed by atoms with Crippen LogP contribution in [0.5, 0.6) is 0 Å². The van der Waals surface area contributed by atoms with Crippen LogP contribution in [0, 0.1) is 13.8 Å². The Hall–Kier alpha value is -1.28. The van der Waals surface area contributed by atoms with Crippen molar-refractivity contribution in [3.05, 3.63) is 35.0 Å². The Morgan fingerprint density at radius 1 is 1.40 bits per heavy atom. The smallest absolute Gasteiger partial charge is 0.179 e. The molecule has 2 nitrogen and oxygen atoms in total. The number of benzene rings is 1. The summed E-state index contributed by atoms with van der Waals surface area (Å²) in [6.07, 6.45) is 0. The van der Waals surface area contributed by atoms with Crippen molar-refractivity contribution in [1.29, 1.82) is 0 Å². The molecule has 0 saturated carbocycles. The number of aromatic nitrogens is 1. The van der Waals surface area contributed by atoms with Crippen molar-refractivity contribution in [3.63, 3.8) is 0 Å². The predicted molar refractivity (Wildman–Crippen MR) is 62.8 cm³/mol. The number of alkyl halides is 1. The lowest BCUT2D eigenvalue weighted by molar-refractivity contribution is 0.102. The average molecular weight is 222 g/mol. The lowest BCUT2D eigenvalue weighted by Gasteiger charge is -1.97. The fraction of sp³-hybridized carbons (Fsp3) is 0.250. The van der Waals surface area contributed by atoms with E-state index in [1.807, 2.05) is 32.0 Å². The van der Waals surface area contributed by atoms with Crippen LogP contribution in [0.25, 0.3) is 10.9 Å². The SMILES string of the molecule is Cc1ccc2[nH]c(C)c(C(=O)CCl)c2c1. The minimum atomic E-state index is -0.0222. The lowest BCUT2D eigenvalue weighted by Crippen LogP contribution is -2.01. The number of nitrogens with one attached hydrogen (secondary N) is 1. The molecule has 1 N–H and O–H groups in total. The maximum atomic E-state index is 11.7. The monoisotopic (exact) mass is 221 g/mol. The number of rotatable bonds is 2. The summed E-state index contributed by atoms with van der Waals surface area (Å²) in [4.78, 5) is 14.9. The van der Waals surface area contributed by atoms with Crippen LogP contribution in [0.2, 0.25) is 0 Å². The van der Waals surface area contributed by atoms with E-state index in [0.29, 0.717) is 0 Å². The zero-order valence-electron chi connectivity index (χ0n) is 8.73. The van der Waals surface area contributed by atoms with Gasteiger partial charge in [-0.15, -0.1) is 11.6 Å². The minimum absolute atomic E-state index is 0.0222. The predicted octanol–water partition coefficient (Wildman–Crippen LogP) is 3.21. The molecule has 0 aliphatic rings. The highest BCUT2D eigenvalue weighted by Gasteiger charge is 2.14. The molecule has 0 aliphatic heterocycles. The summed E-state index contributed by atoms with van der Waals surface area (Å²) < 4.78 is 0. The summed E-state index contributed by atoms with van der Waals surface area (Å²) in [5, 5.41) is 0.971. The molecule has 3 heteroatoms. The Kier molecular flexibility index (Phi) is 2.53. The highest BCUT2D eigenvalue weighted by molar-refractivity contribution is 6.32. The summed E-state index contributed by atoms with van der Waals surface area (Å²) in [6.45, 7) is 3.91. The second-order valence-electron chi connectivity index (χ2n) is 3.73. The molecule has 0 atom stereocenters. The number of halogens is 1. The Morgan fingerprint density at radius 3 is 2.80 bits per heavy atom. The molecule has 78 valence electrons. The van der Waals surface area contributed by atoms with E-state index in [2.05, 4.69) is 4.98 Å². The number of hydrogen-bond acceptors (Lipinski definition) is 1. The van der Waals surface area contributed by atoms with E-state index in [1.54, 1.807) is 0 Å². The lowest BCUT2D eigenvalue weighted by atomic mass is 10.1. The topological polar surface area (TPSA) is 32.9 Å². The van der Waals surface area contributed by atoms with E-state index >= 15 is 0 Å². The van der Waals surface area contributed by atoms with Crippen molar-refractivity contribution in [2.24, 2.45) is 0 Å². The molecule has 0 amide bonds. The zero-order chi connectivity index (χ0) is 11.0. The van der Waals surface area contributed by atoms with Crippen molar-refractivity contribution in [1.82, 2.24) is 4.98 Å². The van der Waals surface area contributed by atoms with Gasteiger partial charge in [-0.05, 0) is 26.0 Å². The normalized spacial score (nSPS) is 10.9. The summed E-state index contributed by atoms with van der Waals surface area (Å²) in [7, 11) is 0. The maximum absolute atomic E-state index is 11.7. The number of aromatic amines is 1. The number of hydrogen-bond donors (Lipinski definition) is 1. The first-order valence-corrected chi connectivity index (χ1v) is 5.35. The highest BCUT2D eigenvalue weighted by Crippen LogP contribution is 2.23. The number of fused-ring (bicyclic) bond motifs is 1. The van der Waals surface area contributed by atoms with Gasteiger partial charge in [0, 0.05) is 22.2 Å². The van der Waals surface area contributed by atoms with Crippen LogP contribution in [0.3, 0.4) is 0 Å². The summed E-state index contributed by atoms with van der Waals surface area (Å²) in [6, 6.07) is 6.02. The van der Waals surface area contributed by atoms with Gasteiger partial charge in [-0.3, -0.25) is 4.79 Å². The van der Waals surface area contributed by atoms with Crippen LogP contribution in [0.4, 0.5) is 0 Å². The van der Waals surface area contributed by atoms with E-state index in [4.69, 9.17) is 11.6 Å². The molecule has 0 unspecified atom stereocenters. The van der Waals surface area contributed by atoms with Gasteiger partial charge in [-0.25, -0.2) is 0 Å². The van der Waals surface area contributed by atoms with Gasteiger partial charge in [0.05, 0.1) is 5.88 Å². The van der Waals surface area contributed by atoms with Crippen molar-refractivity contribution in [2.45, 2.75) is 13.8 Å². The molecule has 0 radical (unpaired) electrons.